The predicted molar refractivity (Wildman–Crippen MR) is 54.2 cm³/mol. The number of benzene rings is 1. The van der Waals surface area contributed by atoms with Gasteiger partial charge in [-0.05, 0) is 43.5 Å². The van der Waals surface area contributed by atoms with Gasteiger partial charge in [-0.15, -0.1) is 0 Å². The van der Waals surface area contributed by atoms with Crippen LogP contribution in [0.15, 0.2) is 16.6 Å². The van der Waals surface area contributed by atoms with Crippen molar-refractivity contribution in [3.8, 4) is 0 Å². The predicted octanol–water partition coefficient (Wildman–Crippen LogP) is 2.82. The number of aliphatic hydroxyl groups is 1. The maximum Gasteiger partial charge on any atom is 0.124 e. The van der Waals surface area contributed by atoms with Crippen molar-refractivity contribution in [1.82, 2.24) is 0 Å². The van der Waals surface area contributed by atoms with Crippen molar-refractivity contribution in [2.45, 2.75) is 26.4 Å². The summed E-state index contributed by atoms with van der Waals surface area (Å²) in [5.74, 6) is -0.270. The molecule has 0 aliphatic carbocycles. The average Bonchev–Trinajstić information content (AvgIpc) is 1.98. The Balaban J connectivity index is 3.05. The summed E-state index contributed by atoms with van der Waals surface area (Å²) >= 11 is 3.27. The van der Waals surface area contributed by atoms with E-state index in [9.17, 15) is 9.50 Å². The van der Waals surface area contributed by atoms with Crippen molar-refractivity contribution in [3.05, 3.63) is 33.5 Å². The van der Waals surface area contributed by atoms with E-state index >= 15 is 0 Å². The first-order valence-electron chi connectivity index (χ1n) is 4.13. The molecule has 0 bridgehead atoms. The van der Waals surface area contributed by atoms with Crippen LogP contribution in [-0.2, 0) is 6.42 Å². The lowest BCUT2D eigenvalue weighted by atomic mass is 10.0. The molecule has 0 aliphatic rings. The molecule has 0 spiro atoms. The van der Waals surface area contributed by atoms with Crippen LogP contribution < -0.4 is 0 Å². The van der Waals surface area contributed by atoms with Crippen LogP contribution in [0.5, 0.6) is 0 Å². The average molecular weight is 247 g/mol. The fourth-order valence-corrected chi connectivity index (χ4v) is 1.70. The zero-order chi connectivity index (χ0) is 10.0. The quantitative estimate of drug-likeness (QED) is 0.851. The summed E-state index contributed by atoms with van der Waals surface area (Å²) in [6.45, 7) is 3.60. The van der Waals surface area contributed by atoms with Crippen LogP contribution in [0.4, 0.5) is 4.39 Å². The van der Waals surface area contributed by atoms with Crippen molar-refractivity contribution in [3.63, 3.8) is 0 Å². The molecule has 72 valence electrons. The number of halogens is 2. The maximum atomic E-state index is 12.9. The van der Waals surface area contributed by atoms with Crippen molar-refractivity contribution < 1.29 is 9.50 Å². The van der Waals surface area contributed by atoms with Crippen LogP contribution in [0.3, 0.4) is 0 Å². The molecule has 1 nitrogen and oxygen atoms in total. The first kappa shape index (κ1) is 10.7. The number of rotatable bonds is 2. The molecule has 1 aromatic rings. The van der Waals surface area contributed by atoms with Gasteiger partial charge >= 0.3 is 0 Å². The number of hydrogen-bond donors (Lipinski definition) is 1. The summed E-state index contributed by atoms with van der Waals surface area (Å²) in [6.07, 6.45) is 0.0507. The van der Waals surface area contributed by atoms with Crippen LogP contribution in [0.2, 0.25) is 0 Å². The third-order valence-electron chi connectivity index (χ3n) is 1.93. The molecule has 1 atom stereocenters. The molecular formula is C10H12BrFO. The lowest BCUT2D eigenvalue weighted by Gasteiger charge is -2.09. The van der Waals surface area contributed by atoms with E-state index in [4.69, 9.17) is 0 Å². The largest absolute Gasteiger partial charge is 0.393 e. The van der Waals surface area contributed by atoms with Crippen molar-refractivity contribution in [2.24, 2.45) is 0 Å². The van der Waals surface area contributed by atoms with Crippen molar-refractivity contribution >= 4 is 15.9 Å². The second-order valence-corrected chi connectivity index (χ2v) is 4.08. The van der Waals surface area contributed by atoms with E-state index in [-0.39, 0.29) is 5.82 Å². The first-order chi connectivity index (χ1) is 6.00. The van der Waals surface area contributed by atoms with E-state index in [1.807, 2.05) is 6.92 Å². The minimum absolute atomic E-state index is 0.270. The summed E-state index contributed by atoms with van der Waals surface area (Å²) in [5.41, 5.74) is 1.84. The third kappa shape index (κ3) is 2.78. The summed E-state index contributed by atoms with van der Waals surface area (Å²) in [4.78, 5) is 0. The van der Waals surface area contributed by atoms with E-state index in [1.165, 1.54) is 12.1 Å². The van der Waals surface area contributed by atoms with Gasteiger partial charge in [-0.3, -0.25) is 0 Å². The van der Waals surface area contributed by atoms with Gasteiger partial charge in [0.05, 0.1) is 6.10 Å². The highest BCUT2D eigenvalue weighted by molar-refractivity contribution is 9.10. The smallest absolute Gasteiger partial charge is 0.124 e. The van der Waals surface area contributed by atoms with Crippen LogP contribution in [0, 0.1) is 12.7 Å². The topological polar surface area (TPSA) is 20.2 Å². The maximum absolute atomic E-state index is 12.9. The molecule has 1 unspecified atom stereocenters. The summed E-state index contributed by atoms with van der Waals surface area (Å²) in [5, 5.41) is 9.17. The Morgan fingerprint density at radius 2 is 2.15 bits per heavy atom. The molecular weight excluding hydrogens is 235 g/mol. The zero-order valence-corrected chi connectivity index (χ0v) is 9.23. The minimum Gasteiger partial charge on any atom is -0.393 e. The van der Waals surface area contributed by atoms with Crippen LogP contribution in [0.1, 0.15) is 18.1 Å². The highest BCUT2D eigenvalue weighted by Gasteiger charge is 2.07. The Hall–Kier alpha value is -0.410. The third-order valence-corrected chi connectivity index (χ3v) is 2.76. The normalized spacial score (nSPS) is 13.0. The van der Waals surface area contributed by atoms with Gasteiger partial charge in [0.25, 0.3) is 0 Å². The summed E-state index contributed by atoms with van der Waals surface area (Å²) in [6, 6.07) is 2.90. The number of hydrogen-bond acceptors (Lipinski definition) is 1. The highest BCUT2D eigenvalue weighted by atomic mass is 79.9. The van der Waals surface area contributed by atoms with Crippen LogP contribution in [-0.4, -0.2) is 11.2 Å². The molecule has 1 N–H and O–H groups in total. The molecule has 0 amide bonds. The monoisotopic (exact) mass is 246 g/mol. The molecule has 0 aliphatic heterocycles. The number of aliphatic hydroxyl groups excluding tert-OH is 1. The molecule has 13 heavy (non-hydrogen) atoms. The lowest BCUT2D eigenvalue weighted by Crippen LogP contribution is -2.06. The molecule has 0 radical (unpaired) electrons. The van der Waals surface area contributed by atoms with Gasteiger partial charge in [-0.2, -0.15) is 0 Å². The van der Waals surface area contributed by atoms with Gasteiger partial charge in [0.1, 0.15) is 5.82 Å². The van der Waals surface area contributed by atoms with Crippen molar-refractivity contribution in [1.29, 1.82) is 0 Å². The molecule has 1 aromatic carbocycles. The molecule has 3 heteroatoms. The fraction of sp³-hybridized carbons (Fsp3) is 0.400. The van der Waals surface area contributed by atoms with Gasteiger partial charge in [-0.1, -0.05) is 15.9 Å². The SMILES string of the molecule is Cc1c(Br)cc(F)cc1CC(C)O. The highest BCUT2D eigenvalue weighted by Crippen LogP contribution is 2.22. The van der Waals surface area contributed by atoms with Gasteiger partial charge in [-0.25, -0.2) is 4.39 Å². The second-order valence-electron chi connectivity index (χ2n) is 3.22. The van der Waals surface area contributed by atoms with Gasteiger partial charge in [0, 0.05) is 4.47 Å². The minimum atomic E-state index is -0.438. The van der Waals surface area contributed by atoms with E-state index in [1.54, 1.807) is 6.92 Å². The molecule has 0 saturated heterocycles. The van der Waals surface area contributed by atoms with E-state index in [2.05, 4.69) is 15.9 Å². The Labute approximate surface area is 85.7 Å². The molecule has 1 rings (SSSR count). The molecule has 0 fully saturated rings. The Morgan fingerprint density at radius 3 is 2.69 bits per heavy atom. The van der Waals surface area contributed by atoms with Crippen molar-refractivity contribution in [2.75, 3.05) is 0 Å². The molecule has 0 heterocycles. The second kappa shape index (κ2) is 4.20. The van der Waals surface area contributed by atoms with Crippen LogP contribution in [0.25, 0.3) is 0 Å². The van der Waals surface area contributed by atoms with E-state index in [0.29, 0.717) is 6.42 Å². The van der Waals surface area contributed by atoms with Gasteiger partial charge < -0.3 is 5.11 Å². The Bertz CT molecular complexity index is 310. The lowest BCUT2D eigenvalue weighted by molar-refractivity contribution is 0.195. The summed E-state index contributed by atoms with van der Waals surface area (Å²) in [7, 11) is 0. The fourth-order valence-electron chi connectivity index (χ4n) is 1.23. The van der Waals surface area contributed by atoms with Crippen LogP contribution >= 0.6 is 15.9 Å². The van der Waals surface area contributed by atoms with E-state index in [0.717, 1.165) is 15.6 Å². The Morgan fingerprint density at radius 1 is 1.54 bits per heavy atom. The summed E-state index contributed by atoms with van der Waals surface area (Å²) < 4.78 is 13.7. The van der Waals surface area contributed by atoms with E-state index < -0.39 is 6.10 Å². The Kier molecular flexibility index (Phi) is 3.45. The van der Waals surface area contributed by atoms with Gasteiger partial charge in [0.2, 0.25) is 0 Å². The first-order valence-corrected chi connectivity index (χ1v) is 4.92. The zero-order valence-electron chi connectivity index (χ0n) is 7.64. The van der Waals surface area contributed by atoms with Gasteiger partial charge in [0.15, 0.2) is 0 Å². The standard InChI is InChI=1S/C10H12BrFO/c1-6(13)3-8-4-9(12)5-10(11)7(8)2/h4-6,13H,3H2,1-2H3. The molecule has 0 aromatic heterocycles. The molecule has 0 saturated carbocycles.